The van der Waals surface area contributed by atoms with E-state index in [1.807, 2.05) is 0 Å². The molecule has 0 aliphatic carbocycles. The highest BCUT2D eigenvalue weighted by molar-refractivity contribution is 5.97. The number of benzene rings is 1. The first-order valence-corrected chi connectivity index (χ1v) is 5.68. The van der Waals surface area contributed by atoms with Gasteiger partial charge in [-0.3, -0.25) is 9.69 Å². The molecule has 0 amide bonds. The number of hydrogen-bond acceptors (Lipinski definition) is 2. The predicted molar refractivity (Wildman–Crippen MR) is 63.5 cm³/mol. The summed E-state index contributed by atoms with van der Waals surface area (Å²) in [4.78, 5) is 13.0. The van der Waals surface area contributed by atoms with Crippen LogP contribution < -0.4 is 0 Å². The van der Waals surface area contributed by atoms with Crippen LogP contribution in [0.15, 0.2) is 30.3 Å². The highest BCUT2D eigenvalue weighted by atomic mass is 19.4. The van der Waals surface area contributed by atoms with E-state index >= 15 is 0 Å². The predicted octanol–water partition coefficient (Wildman–Crippen LogP) is 3.14. The molecular formula is C13H16F3NO. The molecule has 1 aromatic rings. The quantitative estimate of drug-likeness (QED) is 0.757. The maximum absolute atomic E-state index is 12.4. The Hall–Kier alpha value is -1.36. The van der Waals surface area contributed by atoms with Crippen LogP contribution in [0.2, 0.25) is 0 Å². The summed E-state index contributed by atoms with van der Waals surface area (Å²) in [6.45, 7) is 2.00. The van der Waals surface area contributed by atoms with Crippen LogP contribution in [-0.4, -0.2) is 36.0 Å². The van der Waals surface area contributed by atoms with Crippen molar-refractivity contribution in [2.24, 2.45) is 0 Å². The molecule has 0 atom stereocenters. The number of Topliss-reactive ketones (excluding diaryl/α,β-unsaturated/α-hetero) is 1. The van der Waals surface area contributed by atoms with Gasteiger partial charge in [-0.15, -0.1) is 0 Å². The van der Waals surface area contributed by atoms with E-state index in [-0.39, 0.29) is 18.4 Å². The van der Waals surface area contributed by atoms with E-state index in [2.05, 4.69) is 0 Å². The maximum Gasteiger partial charge on any atom is 0.401 e. The molecule has 0 bridgehead atoms. The second-order valence-corrected chi connectivity index (χ2v) is 4.40. The minimum Gasteiger partial charge on any atom is -0.293 e. The molecule has 0 heterocycles. The van der Waals surface area contributed by atoms with E-state index in [1.165, 1.54) is 0 Å². The average molecular weight is 259 g/mol. The smallest absolute Gasteiger partial charge is 0.293 e. The van der Waals surface area contributed by atoms with E-state index in [9.17, 15) is 18.0 Å². The molecule has 2 nitrogen and oxygen atoms in total. The topological polar surface area (TPSA) is 20.3 Å². The van der Waals surface area contributed by atoms with Gasteiger partial charge in [0.1, 0.15) is 0 Å². The number of alkyl halides is 3. The molecule has 5 heteroatoms. The highest BCUT2D eigenvalue weighted by Gasteiger charge is 2.32. The SMILES string of the molecule is CC(C)N(CC(=O)c1ccccc1)CC(F)(F)F. The Morgan fingerprint density at radius 2 is 1.78 bits per heavy atom. The van der Waals surface area contributed by atoms with Gasteiger partial charge in [0.05, 0.1) is 13.1 Å². The van der Waals surface area contributed by atoms with Crippen LogP contribution in [0.1, 0.15) is 24.2 Å². The minimum absolute atomic E-state index is 0.221. The van der Waals surface area contributed by atoms with Crippen LogP contribution >= 0.6 is 0 Å². The lowest BCUT2D eigenvalue weighted by molar-refractivity contribution is -0.148. The Balaban J connectivity index is 2.70. The Kier molecular flexibility index (Phi) is 4.90. The molecule has 0 fully saturated rings. The first-order chi connectivity index (χ1) is 8.29. The molecule has 0 aliphatic heterocycles. The minimum atomic E-state index is -4.29. The summed E-state index contributed by atoms with van der Waals surface area (Å²) < 4.78 is 37.1. The highest BCUT2D eigenvalue weighted by Crippen LogP contribution is 2.18. The molecule has 18 heavy (non-hydrogen) atoms. The third-order valence-electron chi connectivity index (χ3n) is 2.56. The van der Waals surface area contributed by atoms with E-state index in [1.54, 1.807) is 44.2 Å². The molecule has 0 saturated heterocycles. The number of ketones is 1. The fourth-order valence-corrected chi connectivity index (χ4v) is 1.55. The van der Waals surface area contributed by atoms with Crippen LogP contribution in [0, 0.1) is 0 Å². The fourth-order valence-electron chi connectivity index (χ4n) is 1.55. The van der Waals surface area contributed by atoms with Crippen molar-refractivity contribution in [3.05, 3.63) is 35.9 Å². The maximum atomic E-state index is 12.4. The summed E-state index contributed by atoms with van der Waals surface area (Å²) in [5.74, 6) is -0.298. The van der Waals surface area contributed by atoms with Gasteiger partial charge < -0.3 is 0 Å². The number of halogens is 3. The molecule has 0 saturated carbocycles. The van der Waals surface area contributed by atoms with Crippen LogP contribution in [0.25, 0.3) is 0 Å². The van der Waals surface area contributed by atoms with Gasteiger partial charge in [0.25, 0.3) is 0 Å². The summed E-state index contributed by atoms with van der Waals surface area (Å²) in [6.07, 6.45) is -4.29. The number of nitrogens with zero attached hydrogens (tertiary/aromatic N) is 1. The lowest BCUT2D eigenvalue weighted by Gasteiger charge is -2.26. The molecule has 0 aliphatic rings. The molecule has 0 spiro atoms. The standard InChI is InChI=1S/C13H16F3NO/c1-10(2)17(9-13(14,15)16)8-12(18)11-6-4-3-5-7-11/h3-7,10H,8-9H2,1-2H3. The van der Waals surface area contributed by atoms with Crippen molar-refractivity contribution < 1.29 is 18.0 Å². The third-order valence-corrected chi connectivity index (χ3v) is 2.56. The first kappa shape index (κ1) is 14.7. The zero-order valence-corrected chi connectivity index (χ0v) is 10.4. The van der Waals surface area contributed by atoms with E-state index < -0.39 is 12.7 Å². The van der Waals surface area contributed by atoms with Crippen molar-refractivity contribution >= 4 is 5.78 Å². The monoisotopic (exact) mass is 259 g/mol. The van der Waals surface area contributed by atoms with Gasteiger partial charge in [-0.05, 0) is 13.8 Å². The molecule has 1 aromatic carbocycles. The van der Waals surface area contributed by atoms with Crippen LogP contribution in [0.5, 0.6) is 0 Å². The summed E-state index contributed by atoms with van der Waals surface area (Å²) in [5.41, 5.74) is 0.435. The summed E-state index contributed by atoms with van der Waals surface area (Å²) in [5, 5.41) is 0. The van der Waals surface area contributed by atoms with Gasteiger partial charge in [-0.25, -0.2) is 0 Å². The Bertz CT molecular complexity index is 387. The van der Waals surface area contributed by atoms with Gasteiger partial charge >= 0.3 is 6.18 Å². The van der Waals surface area contributed by atoms with Crippen molar-refractivity contribution in [1.82, 2.24) is 4.90 Å². The summed E-state index contributed by atoms with van der Waals surface area (Å²) >= 11 is 0. The van der Waals surface area contributed by atoms with E-state index in [0.29, 0.717) is 5.56 Å². The number of carbonyl (C=O) groups excluding carboxylic acids is 1. The normalized spacial score (nSPS) is 12.2. The van der Waals surface area contributed by atoms with E-state index in [0.717, 1.165) is 4.90 Å². The Morgan fingerprint density at radius 1 is 1.22 bits per heavy atom. The zero-order valence-electron chi connectivity index (χ0n) is 10.4. The Morgan fingerprint density at radius 3 is 2.22 bits per heavy atom. The molecule has 1 rings (SSSR count). The van der Waals surface area contributed by atoms with Gasteiger partial charge in [0, 0.05) is 11.6 Å². The van der Waals surface area contributed by atoms with Crippen molar-refractivity contribution in [2.45, 2.75) is 26.1 Å². The second-order valence-electron chi connectivity index (χ2n) is 4.40. The molecular weight excluding hydrogens is 243 g/mol. The van der Waals surface area contributed by atoms with Gasteiger partial charge in [-0.1, -0.05) is 30.3 Å². The van der Waals surface area contributed by atoms with Gasteiger partial charge in [0.2, 0.25) is 0 Å². The van der Waals surface area contributed by atoms with Crippen molar-refractivity contribution in [3.8, 4) is 0 Å². The summed E-state index contributed by atoms with van der Waals surface area (Å²) in [7, 11) is 0. The fraction of sp³-hybridized carbons (Fsp3) is 0.462. The van der Waals surface area contributed by atoms with Crippen molar-refractivity contribution in [1.29, 1.82) is 0 Å². The number of carbonyl (C=O) groups is 1. The molecule has 0 unspecified atom stereocenters. The largest absolute Gasteiger partial charge is 0.401 e. The lowest BCUT2D eigenvalue weighted by atomic mass is 10.1. The van der Waals surface area contributed by atoms with Crippen molar-refractivity contribution in [3.63, 3.8) is 0 Å². The zero-order chi connectivity index (χ0) is 13.8. The number of hydrogen-bond donors (Lipinski definition) is 0. The van der Waals surface area contributed by atoms with Crippen molar-refractivity contribution in [2.75, 3.05) is 13.1 Å². The second kappa shape index (κ2) is 6.00. The molecule has 0 aromatic heterocycles. The lowest BCUT2D eigenvalue weighted by Crippen LogP contribution is -2.42. The van der Waals surface area contributed by atoms with Crippen LogP contribution in [-0.2, 0) is 0 Å². The van der Waals surface area contributed by atoms with Crippen LogP contribution in [0.4, 0.5) is 13.2 Å². The van der Waals surface area contributed by atoms with E-state index in [4.69, 9.17) is 0 Å². The summed E-state index contributed by atoms with van der Waals surface area (Å²) in [6, 6.07) is 8.02. The number of rotatable bonds is 5. The molecule has 0 N–H and O–H groups in total. The van der Waals surface area contributed by atoms with Crippen LogP contribution in [0.3, 0.4) is 0 Å². The Labute approximate surface area is 104 Å². The van der Waals surface area contributed by atoms with Gasteiger partial charge in [-0.2, -0.15) is 13.2 Å². The molecule has 0 radical (unpaired) electrons. The average Bonchev–Trinajstić information content (AvgIpc) is 2.27. The first-order valence-electron chi connectivity index (χ1n) is 5.68. The van der Waals surface area contributed by atoms with Gasteiger partial charge in [0.15, 0.2) is 5.78 Å². The molecule has 100 valence electrons. The third kappa shape index (κ3) is 4.87.